The van der Waals surface area contributed by atoms with Crippen molar-refractivity contribution in [3.8, 4) is 0 Å². The van der Waals surface area contributed by atoms with E-state index in [2.05, 4.69) is 34.5 Å². The molecule has 2 fully saturated rings. The fourth-order valence-corrected chi connectivity index (χ4v) is 3.01. The Hall–Kier alpha value is -0.900. The van der Waals surface area contributed by atoms with Crippen LogP contribution in [0.5, 0.6) is 0 Å². The molecule has 2 unspecified atom stereocenters. The first-order valence-corrected chi connectivity index (χ1v) is 7.02. The Morgan fingerprint density at radius 3 is 2.72 bits per heavy atom. The highest BCUT2D eigenvalue weighted by molar-refractivity contribution is 5.24. The molecule has 0 spiro atoms. The smallest absolute Gasteiger partial charge is 0.0266 e. The van der Waals surface area contributed by atoms with E-state index in [1.807, 2.05) is 6.92 Å². The molecule has 2 aliphatic rings. The number of hydrogen-bond donors (Lipinski definition) is 2. The molecular weight excluding hydrogens is 222 g/mol. The summed E-state index contributed by atoms with van der Waals surface area (Å²) in [7, 11) is 0. The van der Waals surface area contributed by atoms with Gasteiger partial charge in [-0.1, -0.05) is 24.3 Å². The van der Waals surface area contributed by atoms with Gasteiger partial charge in [-0.3, -0.25) is 4.90 Å². The van der Waals surface area contributed by atoms with E-state index in [-0.39, 0.29) is 6.04 Å². The van der Waals surface area contributed by atoms with Gasteiger partial charge in [0.1, 0.15) is 0 Å². The minimum absolute atomic E-state index is 0.133. The van der Waals surface area contributed by atoms with Gasteiger partial charge in [0.15, 0.2) is 0 Å². The summed E-state index contributed by atoms with van der Waals surface area (Å²) in [6.45, 7) is 6.80. The molecular formula is C15H23N3. The number of likely N-dealkylation sites (tertiary alicyclic amines) is 1. The van der Waals surface area contributed by atoms with E-state index in [0.29, 0.717) is 0 Å². The fourth-order valence-electron chi connectivity index (χ4n) is 3.01. The first-order valence-electron chi connectivity index (χ1n) is 7.02. The van der Waals surface area contributed by atoms with Crippen LogP contribution in [0.2, 0.25) is 0 Å². The lowest BCUT2D eigenvalue weighted by atomic mass is 9.85. The van der Waals surface area contributed by atoms with Gasteiger partial charge in [-0.25, -0.2) is 0 Å². The SMILES string of the molecule is C[C@H](N)c1ccc(CN2CCC3CNC3C2)cc1. The summed E-state index contributed by atoms with van der Waals surface area (Å²) >= 11 is 0. The topological polar surface area (TPSA) is 41.3 Å². The van der Waals surface area contributed by atoms with Crippen LogP contribution in [0.15, 0.2) is 24.3 Å². The van der Waals surface area contributed by atoms with E-state index >= 15 is 0 Å². The van der Waals surface area contributed by atoms with Crippen molar-refractivity contribution in [2.24, 2.45) is 11.7 Å². The van der Waals surface area contributed by atoms with Gasteiger partial charge in [-0.05, 0) is 43.5 Å². The zero-order valence-electron chi connectivity index (χ0n) is 11.1. The van der Waals surface area contributed by atoms with Crippen LogP contribution in [0.25, 0.3) is 0 Å². The van der Waals surface area contributed by atoms with E-state index in [4.69, 9.17) is 5.73 Å². The minimum atomic E-state index is 0.133. The predicted octanol–water partition coefficient (Wildman–Crippen LogP) is 1.50. The predicted molar refractivity (Wildman–Crippen MR) is 74.2 cm³/mol. The van der Waals surface area contributed by atoms with E-state index in [9.17, 15) is 0 Å². The second-order valence-electron chi connectivity index (χ2n) is 5.83. The molecule has 0 amide bonds. The zero-order valence-corrected chi connectivity index (χ0v) is 11.1. The Morgan fingerprint density at radius 1 is 1.39 bits per heavy atom. The Kier molecular flexibility index (Phi) is 3.37. The number of hydrogen-bond acceptors (Lipinski definition) is 3. The Morgan fingerprint density at radius 2 is 2.17 bits per heavy atom. The van der Waals surface area contributed by atoms with Crippen LogP contribution in [0.1, 0.15) is 30.5 Å². The number of fused-ring (bicyclic) bond motifs is 1. The van der Waals surface area contributed by atoms with Crippen molar-refractivity contribution in [3.05, 3.63) is 35.4 Å². The molecule has 0 radical (unpaired) electrons. The van der Waals surface area contributed by atoms with Gasteiger partial charge in [-0.2, -0.15) is 0 Å². The molecule has 3 rings (SSSR count). The summed E-state index contributed by atoms with van der Waals surface area (Å²) in [4.78, 5) is 2.56. The van der Waals surface area contributed by atoms with Crippen LogP contribution in [0.3, 0.4) is 0 Å². The number of piperidine rings is 1. The molecule has 0 aliphatic carbocycles. The van der Waals surface area contributed by atoms with Crippen LogP contribution in [-0.4, -0.2) is 30.6 Å². The molecule has 3 N–H and O–H groups in total. The minimum Gasteiger partial charge on any atom is -0.324 e. The van der Waals surface area contributed by atoms with E-state index in [1.54, 1.807) is 0 Å². The normalized spacial score (nSPS) is 29.4. The lowest BCUT2D eigenvalue weighted by Gasteiger charge is -2.46. The maximum Gasteiger partial charge on any atom is 0.0266 e. The quantitative estimate of drug-likeness (QED) is 0.848. The van der Waals surface area contributed by atoms with Crippen molar-refractivity contribution >= 4 is 0 Å². The van der Waals surface area contributed by atoms with E-state index in [1.165, 1.54) is 37.2 Å². The summed E-state index contributed by atoms with van der Waals surface area (Å²) in [6.07, 6.45) is 1.36. The van der Waals surface area contributed by atoms with Gasteiger partial charge < -0.3 is 11.1 Å². The molecule has 2 heterocycles. The highest BCUT2D eigenvalue weighted by atomic mass is 15.2. The molecule has 3 heteroatoms. The Bertz CT molecular complexity index is 399. The lowest BCUT2D eigenvalue weighted by molar-refractivity contribution is 0.0806. The number of nitrogens with two attached hydrogens (primary N) is 1. The third-order valence-corrected chi connectivity index (χ3v) is 4.39. The van der Waals surface area contributed by atoms with Gasteiger partial charge in [0, 0.05) is 25.2 Å². The van der Waals surface area contributed by atoms with Crippen LogP contribution in [0.4, 0.5) is 0 Å². The molecule has 98 valence electrons. The fraction of sp³-hybridized carbons (Fsp3) is 0.600. The van der Waals surface area contributed by atoms with E-state index < -0.39 is 0 Å². The number of benzene rings is 1. The largest absolute Gasteiger partial charge is 0.324 e. The summed E-state index contributed by atoms with van der Waals surface area (Å²) in [5.41, 5.74) is 8.49. The molecule has 3 atom stereocenters. The zero-order chi connectivity index (χ0) is 12.5. The number of nitrogens with one attached hydrogen (secondary N) is 1. The molecule has 18 heavy (non-hydrogen) atoms. The maximum atomic E-state index is 5.87. The number of nitrogens with zero attached hydrogens (tertiary/aromatic N) is 1. The van der Waals surface area contributed by atoms with Crippen LogP contribution < -0.4 is 11.1 Å². The van der Waals surface area contributed by atoms with Gasteiger partial charge in [0.25, 0.3) is 0 Å². The second-order valence-corrected chi connectivity index (χ2v) is 5.83. The standard InChI is InChI=1S/C15H23N3/c1-11(16)13-4-2-12(3-5-13)9-18-7-6-14-8-17-15(14)10-18/h2-5,11,14-15,17H,6-10,16H2,1H3/t11-,14?,15?/m0/s1. The van der Waals surface area contributed by atoms with E-state index in [0.717, 1.165) is 18.5 Å². The van der Waals surface area contributed by atoms with Crippen molar-refractivity contribution in [1.82, 2.24) is 10.2 Å². The molecule has 2 aliphatic heterocycles. The van der Waals surface area contributed by atoms with Crippen molar-refractivity contribution < 1.29 is 0 Å². The summed E-state index contributed by atoms with van der Waals surface area (Å²) in [5.74, 6) is 0.946. The van der Waals surface area contributed by atoms with Crippen molar-refractivity contribution in [2.75, 3.05) is 19.6 Å². The van der Waals surface area contributed by atoms with Crippen molar-refractivity contribution in [3.63, 3.8) is 0 Å². The van der Waals surface area contributed by atoms with Gasteiger partial charge >= 0.3 is 0 Å². The van der Waals surface area contributed by atoms with Crippen LogP contribution in [0, 0.1) is 5.92 Å². The summed E-state index contributed by atoms with van der Waals surface area (Å²) in [6, 6.07) is 9.65. The lowest BCUT2D eigenvalue weighted by Crippen LogP contribution is -2.61. The third-order valence-electron chi connectivity index (χ3n) is 4.39. The molecule has 0 bridgehead atoms. The third kappa shape index (κ3) is 2.44. The summed E-state index contributed by atoms with van der Waals surface area (Å²) < 4.78 is 0. The molecule has 0 saturated carbocycles. The average Bonchev–Trinajstić information content (AvgIpc) is 2.33. The monoisotopic (exact) mass is 245 g/mol. The molecule has 1 aromatic carbocycles. The highest BCUT2D eigenvalue weighted by Crippen LogP contribution is 2.25. The summed E-state index contributed by atoms with van der Waals surface area (Å²) in [5, 5.41) is 3.53. The van der Waals surface area contributed by atoms with Gasteiger partial charge in [0.05, 0.1) is 0 Å². The van der Waals surface area contributed by atoms with Crippen LogP contribution >= 0.6 is 0 Å². The molecule has 3 nitrogen and oxygen atoms in total. The molecule has 0 aromatic heterocycles. The average molecular weight is 245 g/mol. The first kappa shape index (κ1) is 12.2. The first-order chi connectivity index (χ1) is 8.72. The van der Waals surface area contributed by atoms with Crippen molar-refractivity contribution in [1.29, 1.82) is 0 Å². The molecule has 1 aromatic rings. The highest BCUT2D eigenvalue weighted by Gasteiger charge is 2.35. The van der Waals surface area contributed by atoms with Crippen LogP contribution in [-0.2, 0) is 6.54 Å². The van der Waals surface area contributed by atoms with Crippen molar-refractivity contribution in [2.45, 2.75) is 32.0 Å². The maximum absolute atomic E-state index is 5.87. The Balaban J connectivity index is 1.58. The Labute approximate surface area is 109 Å². The van der Waals surface area contributed by atoms with Gasteiger partial charge in [0.2, 0.25) is 0 Å². The molecule has 2 saturated heterocycles. The number of rotatable bonds is 3. The second kappa shape index (κ2) is 5.00. The van der Waals surface area contributed by atoms with Gasteiger partial charge in [-0.15, -0.1) is 0 Å².